The van der Waals surface area contributed by atoms with Crippen LogP contribution in [0.3, 0.4) is 0 Å². The first-order valence-corrected chi connectivity index (χ1v) is 9.04. The Bertz CT molecular complexity index is 456. The number of methoxy groups -OCH3 is 1. The molecular formula is C19H32O4. The third kappa shape index (κ3) is 3.37. The van der Waals surface area contributed by atoms with Crippen LogP contribution in [0.5, 0.6) is 0 Å². The summed E-state index contributed by atoms with van der Waals surface area (Å²) in [6.07, 6.45) is 6.55. The van der Waals surface area contributed by atoms with Crippen LogP contribution in [-0.2, 0) is 18.9 Å². The zero-order valence-corrected chi connectivity index (χ0v) is 15.4. The normalized spacial score (nSPS) is 45.3. The zero-order chi connectivity index (χ0) is 16.8. The molecule has 0 aromatic carbocycles. The van der Waals surface area contributed by atoms with Gasteiger partial charge in [-0.15, -0.1) is 0 Å². The minimum Gasteiger partial charge on any atom is -0.378 e. The Balaban J connectivity index is 1.74. The molecule has 1 aliphatic carbocycles. The summed E-state index contributed by atoms with van der Waals surface area (Å²) in [5, 5.41) is 0. The number of ether oxygens (including phenoxy) is 4. The Kier molecular flexibility index (Phi) is 4.90. The van der Waals surface area contributed by atoms with Crippen molar-refractivity contribution < 1.29 is 18.9 Å². The summed E-state index contributed by atoms with van der Waals surface area (Å²) in [6, 6.07) is 0. The van der Waals surface area contributed by atoms with Gasteiger partial charge < -0.3 is 18.9 Å². The van der Waals surface area contributed by atoms with Crippen LogP contribution in [0, 0.1) is 5.92 Å². The van der Waals surface area contributed by atoms with Crippen LogP contribution in [0.4, 0.5) is 0 Å². The molecular weight excluding hydrogens is 292 g/mol. The van der Waals surface area contributed by atoms with Crippen molar-refractivity contribution in [2.45, 2.75) is 96.1 Å². The van der Waals surface area contributed by atoms with E-state index in [-0.39, 0.29) is 35.9 Å². The molecule has 3 rings (SSSR count). The maximum absolute atomic E-state index is 6.14. The number of allylic oxidation sites excluding steroid dienone is 1. The molecule has 0 amide bonds. The highest BCUT2D eigenvalue weighted by Crippen LogP contribution is 2.57. The van der Waals surface area contributed by atoms with Crippen molar-refractivity contribution in [1.82, 2.24) is 0 Å². The third-order valence-electron chi connectivity index (χ3n) is 5.58. The lowest BCUT2D eigenvalue weighted by Gasteiger charge is -2.41. The predicted molar refractivity (Wildman–Crippen MR) is 89.5 cm³/mol. The van der Waals surface area contributed by atoms with E-state index in [1.807, 2.05) is 0 Å². The molecule has 0 N–H and O–H groups in total. The van der Waals surface area contributed by atoms with Crippen LogP contribution < -0.4 is 0 Å². The van der Waals surface area contributed by atoms with E-state index in [4.69, 9.17) is 18.9 Å². The molecule has 1 saturated carbocycles. The SMILES string of the molecule is COC1C(OC(C)C)CC[C@@]2(O[C@@H]2C)C1[C@H]1O[C@@H]1CC=C(C)C. The van der Waals surface area contributed by atoms with Gasteiger partial charge in [-0.3, -0.25) is 0 Å². The fourth-order valence-electron chi connectivity index (χ4n) is 4.39. The van der Waals surface area contributed by atoms with Gasteiger partial charge in [0, 0.05) is 13.0 Å². The van der Waals surface area contributed by atoms with E-state index in [1.165, 1.54) is 5.57 Å². The van der Waals surface area contributed by atoms with E-state index in [2.05, 4.69) is 40.7 Å². The highest BCUT2D eigenvalue weighted by Gasteiger charge is 2.69. The highest BCUT2D eigenvalue weighted by molar-refractivity contribution is 5.18. The van der Waals surface area contributed by atoms with Crippen LogP contribution in [0.1, 0.15) is 53.9 Å². The number of hydrogen-bond donors (Lipinski definition) is 0. The first-order valence-electron chi connectivity index (χ1n) is 9.04. The molecule has 0 bridgehead atoms. The summed E-state index contributed by atoms with van der Waals surface area (Å²) in [5.74, 6) is 0.274. The topological polar surface area (TPSA) is 43.5 Å². The smallest absolute Gasteiger partial charge is 0.103 e. The molecule has 7 atom stereocenters. The predicted octanol–water partition coefficient (Wildman–Crippen LogP) is 3.49. The molecule has 4 heteroatoms. The van der Waals surface area contributed by atoms with Gasteiger partial charge in [-0.05, 0) is 53.9 Å². The largest absolute Gasteiger partial charge is 0.378 e. The third-order valence-corrected chi connectivity index (χ3v) is 5.58. The Morgan fingerprint density at radius 2 is 2.04 bits per heavy atom. The van der Waals surface area contributed by atoms with Gasteiger partial charge in [-0.1, -0.05) is 11.6 Å². The average molecular weight is 324 g/mol. The summed E-state index contributed by atoms with van der Waals surface area (Å²) in [7, 11) is 1.80. The van der Waals surface area contributed by atoms with Crippen molar-refractivity contribution >= 4 is 0 Å². The molecule has 2 saturated heterocycles. The summed E-state index contributed by atoms with van der Waals surface area (Å²) >= 11 is 0. The van der Waals surface area contributed by atoms with Crippen molar-refractivity contribution in [3.8, 4) is 0 Å². The summed E-state index contributed by atoms with van der Waals surface area (Å²) in [5.41, 5.74) is 1.29. The zero-order valence-electron chi connectivity index (χ0n) is 15.4. The van der Waals surface area contributed by atoms with E-state index in [1.54, 1.807) is 7.11 Å². The minimum atomic E-state index is -0.0537. The van der Waals surface area contributed by atoms with Crippen molar-refractivity contribution in [1.29, 1.82) is 0 Å². The molecule has 1 spiro atoms. The monoisotopic (exact) mass is 324 g/mol. The van der Waals surface area contributed by atoms with Crippen molar-refractivity contribution in [3.63, 3.8) is 0 Å². The van der Waals surface area contributed by atoms with Crippen LogP contribution in [-0.4, -0.2) is 49.3 Å². The molecule has 0 aromatic heterocycles. The molecule has 3 aliphatic rings. The second-order valence-electron chi connectivity index (χ2n) is 7.86. The Morgan fingerprint density at radius 3 is 2.57 bits per heavy atom. The molecule has 23 heavy (non-hydrogen) atoms. The molecule has 3 unspecified atom stereocenters. The van der Waals surface area contributed by atoms with Crippen molar-refractivity contribution in [2.75, 3.05) is 7.11 Å². The Morgan fingerprint density at radius 1 is 1.35 bits per heavy atom. The van der Waals surface area contributed by atoms with Gasteiger partial charge in [0.05, 0.1) is 36.6 Å². The first kappa shape index (κ1) is 17.4. The maximum Gasteiger partial charge on any atom is 0.103 e. The second-order valence-corrected chi connectivity index (χ2v) is 7.86. The van der Waals surface area contributed by atoms with Crippen LogP contribution in [0.2, 0.25) is 0 Å². The Labute approximate surface area is 140 Å². The van der Waals surface area contributed by atoms with Crippen molar-refractivity contribution in [2.24, 2.45) is 5.92 Å². The molecule has 4 nitrogen and oxygen atoms in total. The van der Waals surface area contributed by atoms with Crippen LogP contribution in [0.15, 0.2) is 11.6 Å². The summed E-state index contributed by atoms with van der Waals surface area (Å²) < 4.78 is 24.2. The summed E-state index contributed by atoms with van der Waals surface area (Å²) in [4.78, 5) is 0. The standard InChI is InChI=1S/C19H32O4/c1-11(2)7-8-14-18(22-14)16-17(20-6)15(21-12(3)4)9-10-19(16)13(5)23-19/h7,12-18H,8-10H2,1-6H3/t13-,14-,15?,16?,17?,18+,19+/m1/s1. The van der Waals surface area contributed by atoms with Gasteiger partial charge >= 0.3 is 0 Å². The van der Waals surface area contributed by atoms with E-state index >= 15 is 0 Å². The second kappa shape index (κ2) is 6.47. The van der Waals surface area contributed by atoms with Gasteiger partial charge in [0.25, 0.3) is 0 Å². The van der Waals surface area contributed by atoms with Gasteiger partial charge in [-0.2, -0.15) is 0 Å². The summed E-state index contributed by atoms with van der Waals surface area (Å²) in [6.45, 7) is 10.6. The number of rotatable bonds is 6. The van der Waals surface area contributed by atoms with E-state index in [0.717, 1.165) is 19.3 Å². The molecule has 2 heterocycles. The van der Waals surface area contributed by atoms with Crippen molar-refractivity contribution in [3.05, 3.63) is 11.6 Å². The Hall–Kier alpha value is -0.420. The minimum absolute atomic E-state index is 0.0535. The first-order chi connectivity index (χ1) is 10.9. The molecule has 2 aliphatic heterocycles. The lowest BCUT2D eigenvalue weighted by Crippen LogP contribution is -2.53. The quantitative estimate of drug-likeness (QED) is 0.554. The average Bonchev–Trinajstić information content (AvgIpc) is 3.36. The molecule has 132 valence electrons. The van der Waals surface area contributed by atoms with Crippen LogP contribution in [0.25, 0.3) is 0 Å². The highest BCUT2D eigenvalue weighted by atomic mass is 16.6. The van der Waals surface area contributed by atoms with Gasteiger partial charge in [0.15, 0.2) is 0 Å². The van der Waals surface area contributed by atoms with E-state index in [9.17, 15) is 0 Å². The molecule has 0 radical (unpaired) electrons. The van der Waals surface area contributed by atoms with Gasteiger partial charge in [-0.25, -0.2) is 0 Å². The van der Waals surface area contributed by atoms with Crippen LogP contribution >= 0.6 is 0 Å². The molecule has 3 fully saturated rings. The van der Waals surface area contributed by atoms with E-state index < -0.39 is 0 Å². The fourth-order valence-corrected chi connectivity index (χ4v) is 4.39. The lowest BCUT2D eigenvalue weighted by atomic mass is 9.71. The lowest BCUT2D eigenvalue weighted by molar-refractivity contribution is -0.142. The molecule has 0 aromatic rings. The van der Waals surface area contributed by atoms with E-state index in [0.29, 0.717) is 12.2 Å². The number of hydrogen-bond acceptors (Lipinski definition) is 4. The fraction of sp³-hybridized carbons (Fsp3) is 0.895. The van der Waals surface area contributed by atoms with Gasteiger partial charge in [0.2, 0.25) is 0 Å². The van der Waals surface area contributed by atoms with Gasteiger partial charge in [0.1, 0.15) is 5.60 Å². The number of epoxide rings is 2. The maximum atomic E-state index is 6.14.